The molecule has 0 amide bonds. The Morgan fingerprint density at radius 2 is 2.00 bits per heavy atom. The van der Waals surface area contributed by atoms with Crippen molar-refractivity contribution in [1.82, 2.24) is 0 Å². The Bertz CT molecular complexity index is 478. The van der Waals surface area contributed by atoms with Crippen LogP contribution in [0, 0.1) is 0 Å². The summed E-state index contributed by atoms with van der Waals surface area (Å²) in [6, 6.07) is 4.89. The molecule has 0 fully saturated rings. The molecule has 0 heterocycles. The molecule has 5 nitrogen and oxygen atoms in total. The predicted molar refractivity (Wildman–Crippen MR) is 60.1 cm³/mol. The fraction of sp³-hybridized carbons (Fsp3) is 0.333. The number of ether oxygens (including phenoxy) is 2. The van der Waals surface area contributed by atoms with E-state index in [9.17, 15) is 22.8 Å². The van der Waals surface area contributed by atoms with Crippen molar-refractivity contribution in [3.8, 4) is 5.75 Å². The summed E-state index contributed by atoms with van der Waals surface area (Å²) < 4.78 is 45.1. The van der Waals surface area contributed by atoms with Crippen molar-refractivity contribution >= 4 is 11.8 Å². The summed E-state index contributed by atoms with van der Waals surface area (Å²) in [7, 11) is 0. The third kappa shape index (κ3) is 4.88. The van der Waals surface area contributed by atoms with Gasteiger partial charge in [0.15, 0.2) is 12.6 Å². The van der Waals surface area contributed by atoms with Crippen molar-refractivity contribution in [2.45, 2.75) is 19.1 Å². The number of alkyl halides is 3. The highest BCUT2D eigenvalue weighted by Gasteiger charge is 2.24. The van der Waals surface area contributed by atoms with E-state index in [-0.39, 0.29) is 11.3 Å². The van der Waals surface area contributed by atoms with Gasteiger partial charge in [0.1, 0.15) is 18.3 Å². The third-order valence-corrected chi connectivity index (χ3v) is 2.23. The van der Waals surface area contributed by atoms with E-state index in [0.29, 0.717) is 0 Å². The lowest BCUT2D eigenvalue weighted by Gasteiger charge is -2.15. The first-order chi connectivity index (χ1) is 9.43. The molecular weight excluding hydrogens is 281 g/mol. The lowest BCUT2D eigenvalue weighted by molar-refractivity contribution is -0.145. The largest absolute Gasteiger partial charge is 0.481 e. The molecule has 0 saturated heterocycles. The molecular formula is C12H11F3O5. The molecule has 0 aliphatic rings. The number of halogens is 3. The predicted octanol–water partition coefficient (Wildman–Crippen LogP) is 2.32. The molecule has 0 spiro atoms. The second-order valence-electron chi connectivity index (χ2n) is 3.64. The van der Waals surface area contributed by atoms with Crippen LogP contribution in [0.4, 0.5) is 13.2 Å². The van der Waals surface area contributed by atoms with E-state index in [0.717, 1.165) is 6.07 Å². The maximum absolute atomic E-state index is 12.3. The first-order valence-electron chi connectivity index (χ1n) is 5.41. The van der Waals surface area contributed by atoms with Crippen LogP contribution in [0.25, 0.3) is 0 Å². The number of Topliss-reactive ketones (excluding diaryl/α,β-unsaturated/α-hetero) is 1. The van der Waals surface area contributed by atoms with Crippen LogP contribution >= 0.6 is 0 Å². The van der Waals surface area contributed by atoms with E-state index in [4.69, 9.17) is 5.11 Å². The molecule has 0 radical (unpaired) electrons. The first-order valence-corrected chi connectivity index (χ1v) is 5.41. The van der Waals surface area contributed by atoms with Gasteiger partial charge in [-0.15, -0.1) is 0 Å². The molecule has 1 unspecified atom stereocenters. The molecule has 1 aromatic rings. The van der Waals surface area contributed by atoms with Gasteiger partial charge >= 0.3 is 12.6 Å². The monoisotopic (exact) mass is 292 g/mol. The Kier molecular flexibility index (Phi) is 5.98. The second-order valence-corrected chi connectivity index (χ2v) is 3.64. The van der Waals surface area contributed by atoms with E-state index < -0.39 is 37.7 Å². The number of carboxylic acids is 1. The fourth-order valence-electron chi connectivity index (χ4n) is 1.53. The molecule has 110 valence electrons. The van der Waals surface area contributed by atoms with Crippen LogP contribution in [0.15, 0.2) is 24.3 Å². The van der Waals surface area contributed by atoms with Gasteiger partial charge in [0.2, 0.25) is 0 Å². The molecule has 0 aromatic heterocycles. The SMILES string of the molecule is O=C(O)CC(=O)C(OCF)c1cccc(OC(F)F)c1. The van der Waals surface area contributed by atoms with Crippen LogP contribution in [0.2, 0.25) is 0 Å². The van der Waals surface area contributed by atoms with E-state index >= 15 is 0 Å². The highest BCUT2D eigenvalue weighted by molar-refractivity contribution is 5.97. The Morgan fingerprint density at radius 3 is 2.55 bits per heavy atom. The van der Waals surface area contributed by atoms with E-state index in [2.05, 4.69) is 9.47 Å². The minimum atomic E-state index is -3.06. The summed E-state index contributed by atoms with van der Waals surface area (Å²) in [5, 5.41) is 8.53. The number of carboxylic acid groups (broad SMARTS) is 1. The minimum Gasteiger partial charge on any atom is -0.481 e. The Balaban J connectivity index is 2.96. The Hall–Kier alpha value is -2.09. The van der Waals surface area contributed by atoms with Crippen molar-refractivity contribution in [3.63, 3.8) is 0 Å². The number of benzene rings is 1. The molecule has 0 saturated carbocycles. The van der Waals surface area contributed by atoms with Crippen molar-refractivity contribution in [1.29, 1.82) is 0 Å². The number of aliphatic carboxylic acids is 1. The Labute approximate surface area is 111 Å². The average Bonchev–Trinajstić information content (AvgIpc) is 2.34. The number of hydrogen-bond donors (Lipinski definition) is 1. The maximum atomic E-state index is 12.3. The fourth-order valence-corrected chi connectivity index (χ4v) is 1.53. The molecule has 1 N–H and O–H groups in total. The maximum Gasteiger partial charge on any atom is 0.387 e. The van der Waals surface area contributed by atoms with Crippen LogP contribution in [0.3, 0.4) is 0 Å². The summed E-state index contributed by atoms with van der Waals surface area (Å²) in [6.07, 6.45) is -2.36. The van der Waals surface area contributed by atoms with Gasteiger partial charge in [-0.3, -0.25) is 9.59 Å². The zero-order valence-electron chi connectivity index (χ0n) is 10.1. The number of carbonyl (C=O) groups is 2. The van der Waals surface area contributed by atoms with Crippen LogP contribution in [0.1, 0.15) is 18.1 Å². The van der Waals surface area contributed by atoms with E-state index in [1.165, 1.54) is 18.2 Å². The number of rotatable bonds is 8. The average molecular weight is 292 g/mol. The summed E-state index contributed by atoms with van der Waals surface area (Å²) in [5.41, 5.74) is 0.0343. The van der Waals surface area contributed by atoms with E-state index in [1.54, 1.807) is 0 Å². The van der Waals surface area contributed by atoms with Crippen LogP contribution in [0.5, 0.6) is 5.75 Å². The summed E-state index contributed by atoms with van der Waals surface area (Å²) in [5.74, 6) is -2.54. The number of ketones is 1. The van der Waals surface area contributed by atoms with Gasteiger partial charge in [-0.1, -0.05) is 12.1 Å². The molecule has 8 heteroatoms. The van der Waals surface area contributed by atoms with Gasteiger partial charge in [0, 0.05) is 0 Å². The summed E-state index contributed by atoms with van der Waals surface area (Å²) in [4.78, 5) is 22.1. The van der Waals surface area contributed by atoms with E-state index in [1.807, 2.05) is 0 Å². The van der Waals surface area contributed by atoms with Crippen LogP contribution < -0.4 is 4.74 Å². The van der Waals surface area contributed by atoms with Gasteiger partial charge in [-0.25, -0.2) is 4.39 Å². The zero-order chi connectivity index (χ0) is 15.1. The lowest BCUT2D eigenvalue weighted by Crippen LogP contribution is -2.19. The molecule has 0 aliphatic carbocycles. The molecule has 1 rings (SSSR count). The molecule has 20 heavy (non-hydrogen) atoms. The topological polar surface area (TPSA) is 72.8 Å². The van der Waals surface area contributed by atoms with Gasteiger partial charge < -0.3 is 14.6 Å². The minimum absolute atomic E-state index is 0.0343. The zero-order valence-corrected chi connectivity index (χ0v) is 10.1. The van der Waals surface area contributed by atoms with Crippen LogP contribution in [-0.2, 0) is 14.3 Å². The van der Waals surface area contributed by atoms with Crippen LogP contribution in [-0.4, -0.2) is 30.3 Å². The number of hydrogen-bond acceptors (Lipinski definition) is 4. The smallest absolute Gasteiger partial charge is 0.387 e. The summed E-state index contributed by atoms with van der Waals surface area (Å²) >= 11 is 0. The normalized spacial score (nSPS) is 12.2. The van der Waals surface area contributed by atoms with Gasteiger partial charge in [-0.2, -0.15) is 8.78 Å². The quantitative estimate of drug-likeness (QED) is 0.744. The van der Waals surface area contributed by atoms with Gasteiger partial charge in [0.05, 0.1) is 0 Å². The summed E-state index contributed by atoms with van der Waals surface area (Å²) in [6.45, 7) is -4.38. The second kappa shape index (κ2) is 7.49. The van der Waals surface area contributed by atoms with Crippen molar-refractivity contribution in [2.24, 2.45) is 0 Å². The first kappa shape index (κ1) is 16.0. The van der Waals surface area contributed by atoms with Gasteiger partial charge in [-0.05, 0) is 17.7 Å². The highest BCUT2D eigenvalue weighted by Crippen LogP contribution is 2.25. The Morgan fingerprint density at radius 1 is 1.30 bits per heavy atom. The molecule has 0 aliphatic heterocycles. The van der Waals surface area contributed by atoms with Crippen molar-refractivity contribution < 1.29 is 37.3 Å². The third-order valence-electron chi connectivity index (χ3n) is 2.23. The molecule has 1 atom stereocenters. The van der Waals surface area contributed by atoms with Gasteiger partial charge in [0.25, 0.3) is 0 Å². The standard InChI is InChI=1S/C12H11F3O5/c13-6-19-11(9(16)5-10(17)18)7-2-1-3-8(4-7)20-12(14)15/h1-4,11-12H,5-6H2,(H,17,18). The molecule has 0 bridgehead atoms. The van der Waals surface area contributed by atoms with Crippen molar-refractivity contribution in [3.05, 3.63) is 29.8 Å². The molecule has 1 aromatic carbocycles. The van der Waals surface area contributed by atoms with Crippen molar-refractivity contribution in [2.75, 3.05) is 6.86 Å². The lowest BCUT2D eigenvalue weighted by atomic mass is 10.0. The highest BCUT2D eigenvalue weighted by atomic mass is 19.3. The number of carbonyl (C=O) groups excluding carboxylic acids is 1.